The molecule has 0 amide bonds. The minimum Gasteiger partial charge on any atom is -0.339 e. The lowest BCUT2D eigenvalue weighted by molar-refractivity contribution is 1.15. The van der Waals surface area contributed by atoms with E-state index in [1.54, 1.807) is 18.3 Å². The van der Waals surface area contributed by atoms with E-state index < -0.39 is 0 Å². The molecule has 1 aromatic carbocycles. The minimum atomic E-state index is 0.194. The summed E-state index contributed by atoms with van der Waals surface area (Å²) in [4.78, 5) is 7.90. The molecule has 0 atom stereocenters. The van der Waals surface area contributed by atoms with Crippen LogP contribution >= 0.6 is 39.1 Å². The lowest BCUT2D eigenvalue weighted by Crippen LogP contribution is -1.96. The topological polar surface area (TPSA) is 37.8 Å². The number of benzene rings is 1. The van der Waals surface area contributed by atoms with Crippen LogP contribution in [-0.4, -0.2) is 9.97 Å². The maximum atomic E-state index is 5.79. The van der Waals surface area contributed by atoms with Crippen molar-refractivity contribution in [3.63, 3.8) is 0 Å². The number of nitrogens with zero attached hydrogens (tertiary/aromatic N) is 2. The van der Waals surface area contributed by atoms with Gasteiger partial charge in [0.2, 0.25) is 5.28 Å². The Balaban J connectivity index is 2.26. The van der Waals surface area contributed by atoms with Crippen molar-refractivity contribution in [3.05, 3.63) is 45.2 Å². The van der Waals surface area contributed by atoms with Crippen LogP contribution in [0.5, 0.6) is 0 Å². The van der Waals surface area contributed by atoms with Crippen molar-refractivity contribution < 1.29 is 0 Å². The Bertz CT molecular complexity index is 502. The zero-order valence-corrected chi connectivity index (χ0v) is 11.0. The fraction of sp³-hybridized carbons (Fsp3) is 0. The molecule has 2 rings (SSSR count). The van der Waals surface area contributed by atoms with Crippen molar-refractivity contribution in [2.75, 3.05) is 5.32 Å². The van der Waals surface area contributed by atoms with Crippen LogP contribution < -0.4 is 5.32 Å². The van der Waals surface area contributed by atoms with Crippen LogP contribution in [0.4, 0.5) is 11.5 Å². The largest absolute Gasteiger partial charge is 0.339 e. The molecule has 0 bridgehead atoms. The molecular weight excluding hydrogens is 313 g/mol. The van der Waals surface area contributed by atoms with Crippen LogP contribution in [0.25, 0.3) is 0 Å². The minimum absolute atomic E-state index is 0.194. The van der Waals surface area contributed by atoms with E-state index >= 15 is 0 Å². The Morgan fingerprint density at radius 3 is 2.50 bits per heavy atom. The second-order valence-electron chi connectivity index (χ2n) is 2.97. The van der Waals surface area contributed by atoms with Crippen molar-refractivity contribution in [2.45, 2.75) is 0 Å². The first-order valence-corrected chi connectivity index (χ1v) is 5.90. The highest BCUT2D eigenvalue weighted by molar-refractivity contribution is 9.10. The quantitative estimate of drug-likeness (QED) is 0.839. The molecule has 0 saturated heterocycles. The molecule has 1 heterocycles. The molecular formula is C10H6BrCl2N3. The number of hydrogen-bond donors (Lipinski definition) is 1. The maximum Gasteiger partial charge on any atom is 0.224 e. The zero-order chi connectivity index (χ0) is 11.5. The number of aromatic nitrogens is 2. The van der Waals surface area contributed by atoms with Gasteiger partial charge in [-0.15, -0.1) is 0 Å². The number of anilines is 2. The van der Waals surface area contributed by atoms with Gasteiger partial charge >= 0.3 is 0 Å². The van der Waals surface area contributed by atoms with Gasteiger partial charge in [-0.2, -0.15) is 4.98 Å². The van der Waals surface area contributed by atoms with Gasteiger partial charge in [0, 0.05) is 16.9 Å². The van der Waals surface area contributed by atoms with Crippen molar-refractivity contribution in [1.29, 1.82) is 0 Å². The SMILES string of the molecule is Clc1ccc(Nc2nc(Cl)ncc2Br)cc1. The molecule has 16 heavy (non-hydrogen) atoms. The van der Waals surface area contributed by atoms with Gasteiger partial charge < -0.3 is 5.32 Å². The third-order valence-electron chi connectivity index (χ3n) is 1.82. The summed E-state index contributed by atoms with van der Waals surface area (Å²) in [7, 11) is 0. The Hall–Kier alpha value is -0.840. The lowest BCUT2D eigenvalue weighted by atomic mass is 10.3. The predicted molar refractivity (Wildman–Crippen MR) is 69.5 cm³/mol. The summed E-state index contributed by atoms with van der Waals surface area (Å²) in [5, 5.41) is 3.98. The van der Waals surface area contributed by atoms with E-state index in [1.807, 2.05) is 12.1 Å². The summed E-state index contributed by atoms with van der Waals surface area (Å²) in [6, 6.07) is 7.29. The van der Waals surface area contributed by atoms with Gasteiger partial charge in [0.05, 0.1) is 4.47 Å². The van der Waals surface area contributed by atoms with Gasteiger partial charge in [-0.3, -0.25) is 0 Å². The fourth-order valence-electron chi connectivity index (χ4n) is 1.10. The van der Waals surface area contributed by atoms with Crippen LogP contribution in [0.1, 0.15) is 0 Å². The summed E-state index contributed by atoms with van der Waals surface area (Å²) in [6.45, 7) is 0. The first-order chi connectivity index (χ1) is 7.65. The molecule has 0 spiro atoms. The van der Waals surface area contributed by atoms with Crippen molar-refractivity contribution in [3.8, 4) is 0 Å². The van der Waals surface area contributed by atoms with Gasteiger partial charge in [-0.25, -0.2) is 4.98 Å². The van der Waals surface area contributed by atoms with E-state index in [-0.39, 0.29) is 5.28 Å². The molecule has 0 aliphatic carbocycles. The molecule has 1 N–H and O–H groups in total. The Morgan fingerprint density at radius 1 is 1.12 bits per heavy atom. The van der Waals surface area contributed by atoms with E-state index in [4.69, 9.17) is 23.2 Å². The summed E-state index contributed by atoms with van der Waals surface area (Å²) in [5.41, 5.74) is 0.875. The molecule has 2 aromatic rings. The average Bonchev–Trinajstić information content (AvgIpc) is 2.27. The second kappa shape index (κ2) is 4.99. The maximum absolute atomic E-state index is 5.79. The Labute approximate surface area is 111 Å². The molecule has 82 valence electrons. The van der Waals surface area contributed by atoms with Crippen molar-refractivity contribution in [1.82, 2.24) is 9.97 Å². The normalized spacial score (nSPS) is 10.2. The first-order valence-electron chi connectivity index (χ1n) is 4.36. The van der Waals surface area contributed by atoms with Crippen LogP contribution in [0.2, 0.25) is 10.3 Å². The number of nitrogens with one attached hydrogen (secondary N) is 1. The highest BCUT2D eigenvalue weighted by atomic mass is 79.9. The van der Waals surface area contributed by atoms with Crippen LogP contribution in [0.3, 0.4) is 0 Å². The van der Waals surface area contributed by atoms with Crippen LogP contribution in [0.15, 0.2) is 34.9 Å². The number of rotatable bonds is 2. The average molecular weight is 319 g/mol. The summed E-state index contributed by atoms with van der Waals surface area (Å²) >= 11 is 14.8. The molecule has 1 aromatic heterocycles. The van der Waals surface area contributed by atoms with Crippen molar-refractivity contribution >= 4 is 50.6 Å². The summed E-state index contributed by atoms with van der Waals surface area (Å²) in [6.07, 6.45) is 1.59. The monoisotopic (exact) mass is 317 g/mol. The second-order valence-corrected chi connectivity index (χ2v) is 4.60. The van der Waals surface area contributed by atoms with Gasteiger partial charge in [0.15, 0.2) is 0 Å². The molecule has 0 aliphatic heterocycles. The zero-order valence-electron chi connectivity index (χ0n) is 7.92. The van der Waals surface area contributed by atoms with E-state index in [0.29, 0.717) is 10.8 Å². The van der Waals surface area contributed by atoms with E-state index in [0.717, 1.165) is 10.2 Å². The third kappa shape index (κ3) is 2.84. The van der Waals surface area contributed by atoms with Crippen LogP contribution in [-0.2, 0) is 0 Å². The molecule has 0 unspecified atom stereocenters. The Morgan fingerprint density at radius 2 is 1.81 bits per heavy atom. The number of halogens is 3. The predicted octanol–water partition coefficient (Wildman–Crippen LogP) is 4.29. The van der Waals surface area contributed by atoms with Gasteiger partial charge in [-0.1, -0.05) is 11.6 Å². The molecule has 0 radical (unpaired) electrons. The summed E-state index contributed by atoms with van der Waals surface area (Å²) in [5.74, 6) is 0.613. The highest BCUT2D eigenvalue weighted by Gasteiger charge is 2.03. The lowest BCUT2D eigenvalue weighted by Gasteiger charge is -2.07. The molecule has 0 fully saturated rings. The van der Waals surface area contributed by atoms with Gasteiger partial charge in [0.25, 0.3) is 0 Å². The molecule has 0 saturated carbocycles. The van der Waals surface area contributed by atoms with Crippen molar-refractivity contribution in [2.24, 2.45) is 0 Å². The highest BCUT2D eigenvalue weighted by Crippen LogP contribution is 2.24. The standard InChI is InChI=1S/C10H6BrCl2N3/c11-8-5-14-10(13)16-9(8)15-7-3-1-6(12)2-4-7/h1-5H,(H,14,15,16). The number of hydrogen-bond acceptors (Lipinski definition) is 3. The molecule has 6 heteroatoms. The van der Waals surface area contributed by atoms with E-state index in [9.17, 15) is 0 Å². The molecule has 0 aliphatic rings. The smallest absolute Gasteiger partial charge is 0.224 e. The van der Waals surface area contributed by atoms with Crippen LogP contribution in [0, 0.1) is 0 Å². The third-order valence-corrected chi connectivity index (χ3v) is 2.84. The Kier molecular flexibility index (Phi) is 3.63. The van der Waals surface area contributed by atoms with E-state index in [1.165, 1.54) is 0 Å². The first kappa shape index (κ1) is 11.6. The fourth-order valence-corrected chi connectivity index (χ4v) is 1.65. The molecule has 3 nitrogen and oxygen atoms in total. The van der Waals surface area contributed by atoms with Gasteiger partial charge in [-0.05, 0) is 51.8 Å². The van der Waals surface area contributed by atoms with E-state index in [2.05, 4.69) is 31.2 Å². The summed E-state index contributed by atoms with van der Waals surface area (Å²) < 4.78 is 0.742. The van der Waals surface area contributed by atoms with Gasteiger partial charge in [0.1, 0.15) is 5.82 Å².